The highest BCUT2D eigenvalue weighted by Gasteiger charge is 2.26. The van der Waals surface area contributed by atoms with Crippen LogP contribution >= 0.6 is 0 Å². The summed E-state index contributed by atoms with van der Waals surface area (Å²) in [5.41, 5.74) is 0.414. The van der Waals surface area contributed by atoms with E-state index >= 15 is 0 Å². The summed E-state index contributed by atoms with van der Waals surface area (Å²) in [6.07, 6.45) is 0. The molecule has 1 fully saturated rings. The van der Waals surface area contributed by atoms with Gasteiger partial charge in [-0.25, -0.2) is 0 Å². The van der Waals surface area contributed by atoms with Gasteiger partial charge in [0.05, 0.1) is 0 Å². The predicted molar refractivity (Wildman–Crippen MR) is 53.4 cm³/mol. The van der Waals surface area contributed by atoms with Gasteiger partial charge in [-0.05, 0) is 12.3 Å². The summed E-state index contributed by atoms with van der Waals surface area (Å²) in [6.45, 7) is 14.0. The third-order valence-electron chi connectivity index (χ3n) is 2.95. The van der Waals surface area contributed by atoms with Crippen molar-refractivity contribution in [2.45, 2.75) is 33.7 Å². The summed E-state index contributed by atoms with van der Waals surface area (Å²) in [5.74, 6) is 0. The van der Waals surface area contributed by atoms with Gasteiger partial charge in [0.25, 0.3) is 0 Å². The summed E-state index contributed by atoms with van der Waals surface area (Å²) in [4.78, 5) is 2.58. The fraction of sp³-hybridized carbons (Fsp3) is 1.00. The van der Waals surface area contributed by atoms with E-state index in [9.17, 15) is 0 Å². The number of nitrogens with zero attached hydrogens (tertiary/aromatic N) is 1. The Labute approximate surface area is 76.3 Å². The number of nitrogens with one attached hydrogen (secondary N) is 1. The lowest BCUT2D eigenvalue weighted by molar-refractivity contribution is 0.0997. The molecule has 1 aliphatic rings. The van der Waals surface area contributed by atoms with Crippen molar-refractivity contribution in [3.8, 4) is 0 Å². The molecule has 1 rings (SSSR count). The normalized spacial score (nSPS) is 24.0. The quantitative estimate of drug-likeness (QED) is 0.638. The maximum Gasteiger partial charge on any atom is 0.0116 e. The monoisotopic (exact) mass is 170 g/mol. The van der Waals surface area contributed by atoms with E-state index < -0.39 is 0 Å². The lowest BCUT2D eigenvalue weighted by Gasteiger charge is -2.40. The molecule has 1 atom stereocenters. The largest absolute Gasteiger partial charge is 0.314 e. The zero-order valence-corrected chi connectivity index (χ0v) is 8.85. The van der Waals surface area contributed by atoms with Crippen LogP contribution in [0.5, 0.6) is 0 Å². The Bertz CT molecular complexity index is 131. The first-order chi connectivity index (χ1) is 5.52. The van der Waals surface area contributed by atoms with Gasteiger partial charge < -0.3 is 5.32 Å². The maximum atomic E-state index is 3.38. The molecule has 2 heteroatoms. The van der Waals surface area contributed by atoms with E-state index in [1.54, 1.807) is 0 Å². The average molecular weight is 170 g/mol. The number of piperazine rings is 1. The fourth-order valence-electron chi connectivity index (χ4n) is 1.62. The van der Waals surface area contributed by atoms with Gasteiger partial charge in [0.2, 0.25) is 0 Å². The Morgan fingerprint density at radius 3 is 2.08 bits per heavy atom. The SMILES string of the molecule is CC(N1CCNCC1)C(C)(C)C. The van der Waals surface area contributed by atoms with E-state index in [0.29, 0.717) is 11.5 Å². The Morgan fingerprint density at radius 1 is 1.17 bits per heavy atom. The highest BCUT2D eigenvalue weighted by atomic mass is 15.2. The second-order valence-corrected chi connectivity index (χ2v) is 4.83. The van der Waals surface area contributed by atoms with Crippen molar-refractivity contribution in [2.75, 3.05) is 26.2 Å². The van der Waals surface area contributed by atoms with Crippen LogP contribution in [0.4, 0.5) is 0 Å². The smallest absolute Gasteiger partial charge is 0.0116 e. The van der Waals surface area contributed by atoms with Crippen LogP contribution < -0.4 is 5.32 Å². The minimum Gasteiger partial charge on any atom is -0.314 e. The fourth-order valence-corrected chi connectivity index (χ4v) is 1.62. The lowest BCUT2D eigenvalue weighted by Crippen LogP contribution is -2.51. The molecule has 1 N–H and O–H groups in total. The van der Waals surface area contributed by atoms with Crippen molar-refractivity contribution in [2.24, 2.45) is 5.41 Å². The van der Waals surface area contributed by atoms with E-state index in [2.05, 4.69) is 37.9 Å². The molecule has 1 heterocycles. The molecule has 0 bridgehead atoms. The zero-order chi connectivity index (χ0) is 9.19. The first-order valence-corrected chi connectivity index (χ1v) is 4.96. The second-order valence-electron chi connectivity index (χ2n) is 4.83. The zero-order valence-electron chi connectivity index (χ0n) is 8.85. The van der Waals surface area contributed by atoms with Gasteiger partial charge in [0.1, 0.15) is 0 Å². The van der Waals surface area contributed by atoms with Gasteiger partial charge in [-0.2, -0.15) is 0 Å². The summed E-state index contributed by atoms with van der Waals surface area (Å²) >= 11 is 0. The standard InChI is InChI=1S/C10H22N2/c1-9(10(2,3)4)12-7-5-11-6-8-12/h9,11H,5-8H2,1-4H3. The first-order valence-electron chi connectivity index (χ1n) is 4.96. The third-order valence-corrected chi connectivity index (χ3v) is 2.95. The van der Waals surface area contributed by atoms with Gasteiger partial charge in [0.15, 0.2) is 0 Å². The molecule has 0 spiro atoms. The molecule has 1 unspecified atom stereocenters. The molecule has 0 amide bonds. The molecular formula is C10H22N2. The molecule has 0 saturated carbocycles. The molecule has 72 valence electrons. The molecule has 1 saturated heterocycles. The molecule has 12 heavy (non-hydrogen) atoms. The van der Waals surface area contributed by atoms with E-state index in [1.165, 1.54) is 13.1 Å². The topological polar surface area (TPSA) is 15.3 Å². The van der Waals surface area contributed by atoms with Crippen molar-refractivity contribution in [3.63, 3.8) is 0 Å². The van der Waals surface area contributed by atoms with Crippen LogP contribution in [0, 0.1) is 5.41 Å². The first kappa shape index (κ1) is 10.0. The van der Waals surface area contributed by atoms with Crippen molar-refractivity contribution in [1.29, 1.82) is 0 Å². The lowest BCUT2D eigenvalue weighted by atomic mass is 9.86. The van der Waals surface area contributed by atoms with Crippen LogP contribution in [-0.4, -0.2) is 37.1 Å². The van der Waals surface area contributed by atoms with Crippen LogP contribution in [0.15, 0.2) is 0 Å². The van der Waals surface area contributed by atoms with Crippen LogP contribution in [0.2, 0.25) is 0 Å². The number of hydrogen-bond donors (Lipinski definition) is 1. The minimum atomic E-state index is 0.414. The maximum absolute atomic E-state index is 3.38. The van der Waals surface area contributed by atoms with E-state index in [4.69, 9.17) is 0 Å². The summed E-state index contributed by atoms with van der Waals surface area (Å²) in [6, 6.07) is 0.694. The Balaban J connectivity index is 2.45. The molecule has 1 aliphatic heterocycles. The molecule has 0 aromatic rings. The molecular weight excluding hydrogens is 148 g/mol. The Morgan fingerprint density at radius 2 is 1.67 bits per heavy atom. The number of rotatable bonds is 1. The molecule has 0 aromatic carbocycles. The molecule has 0 radical (unpaired) electrons. The van der Waals surface area contributed by atoms with E-state index in [-0.39, 0.29) is 0 Å². The van der Waals surface area contributed by atoms with Crippen molar-refractivity contribution in [1.82, 2.24) is 10.2 Å². The average Bonchev–Trinajstić information content (AvgIpc) is 2.03. The second kappa shape index (κ2) is 3.75. The summed E-state index contributed by atoms with van der Waals surface area (Å²) in [7, 11) is 0. The predicted octanol–water partition coefficient (Wildman–Crippen LogP) is 1.33. The highest BCUT2D eigenvalue weighted by Crippen LogP contribution is 2.23. The third kappa shape index (κ3) is 2.46. The van der Waals surface area contributed by atoms with Crippen LogP contribution in [0.25, 0.3) is 0 Å². The summed E-state index contributed by atoms with van der Waals surface area (Å²) in [5, 5.41) is 3.38. The minimum absolute atomic E-state index is 0.414. The van der Waals surface area contributed by atoms with Gasteiger partial charge in [-0.15, -0.1) is 0 Å². The van der Waals surface area contributed by atoms with Gasteiger partial charge in [0, 0.05) is 32.2 Å². The summed E-state index contributed by atoms with van der Waals surface area (Å²) < 4.78 is 0. The van der Waals surface area contributed by atoms with Crippen molar-refractivity contribution >= 4 is 0 Å². The number of hydrogen-bond acceptors (Lipinski definition) is 2. The van der Waals surface area contributed by atoms with Crippen molar-refractivity contribution in [3.05, 3.63) is 0 Å². The Hall–Kier alpha value is -0.0800. The molecule has 2 nitrogen and oxygen atoms in total. The van der Waals surface area contributed by atoms with Crippen LogP contribution in [0.1, 0.15) is 27.7 Å². The van der Waals surface area contributed by atoms with E-state index in [1.807, 2.05) is 0 Å². The molecule has 0 aliphatic carbocycles. The Kier molecular flexibility index (Phi) is 3.13. The van der Waals surface area contributed by atoms with Crippen LogP contribution in [0.3, 0.4) is 0 Å². The van der Waals surface area contributed by atoms with Crippen molar-refractivity contribution < 1.29 is 0 Å². The van der Waals surface area contributed by atoms with Crippen LogP contribution in [-0.2, 0) is 0 Å². The van der Waals surface area contributed by atoms with Gasteiger partial charge >= 0.3 is 0 Å². The highest BCUT2D eigenvalue weighted by molar-refractivity contribution is 4.81. The van der Waals surface area contributed by atoms with Gasteiger partial charge in [-0.1, -0.05) is 20.8 Å². The van der Waals surface area contributed by atoms with E-state index in [0.717, 1.165) is 13.1 Å². The molecule has 0 aromatic heterocycles. The van der Waals surface area contributed by atoms with Gasteiger partial charge in [-0.3, -0.25) is 4.90 Å².